The monoisotopic (exact) mass is 543 g/mol. The molecule has 200 valence electrons. The Morgan fingerprint density at radius 1 is 0.865 bits per heavy atom. The molecular weight excluding hydrogens is 516 g/mol. The fourth-order valence-electron chi connectivity index (χ4n) is 3.53. The molecule has 10 heteroatoms. The lowest BCUT2D eigenvalue weighted by molar-refractivity contribution is -0.137. The van der Waals surface area contributed by atoms with Crippen LogP contribution >= 0.6 is 11.8 Å². The number of halogens is 6. The van der Waals surface area contributed by atoms with Gasteiger partial charge in [0.1, 0.15) is 12.4 Å². The van der Waals surface area contributed by atoms with E-state index in [9.17, 15) is 31.4 Å². The van der Waals surface area contributed by atoms with Crippen molar-refractivity contribution in [1.29, 1.82) is 0 Å². The topological polar surface area (TPSA) is 32.7 Å². The molecule has 3 rings (SSSR count). The maximum Gasteiger partial charge on any atom is 0.446 e. The summed E-state index contributed by atoms with van der Waals surface area (Å²) in [7, 11) is 0. The Bertz CT molecular complexity index is 1170. The van der Waals surface area contributed by atoms with Crippen molar-refractivity contribution >= 4 is 17.4 Å². The van der Waals surface area contributed by atoms with E-state index < -0.39 is 23.4 Å². The zero-order valence-corrected chi connectivity index (χ0v) is 21.0. The number of aliphatic hydroxyl groups excluding tert-OH is 1. The Balaban J connectivity index is 1.80. The lowest BCUT2D eigenvalue weighted by Gasteiger charge is -2.29. The Labute approximate surface area is 216 Å². The van der Waals surface area contributed by atoms with Gasteiger partial charge in [0.25, 0.3) is 0 Å². The zero-order valence-electron chi connectivity index (χ0n) is 20.2. The second-order valence-corrected chi connectivity index (χ2v) is 10.0. The lowest BCUT2D eigenvalue weighted by Crippen LogP contribution is -2.34. The first kappa shape index (κ1) is 28.7. The van der Waals surface area contributed by atoms with Gasteiger partial charge in [-0.05, 0) is 65.2 Å². The molecule has 0 saturated heterocycles. The summed E-state index contributed by atoms with van der Waals surface area (Å²) in [6, 6.07) is 17.8. The minimum atomic E-state index is -4.45. The molecule has 0 aliphatic rings. The van der Waals surface area contributed by atoms with E-state index in [-0.39, 0.29) is 42.3 Å². The van der Waals surface area contributed by atoms with Crippen molar-refractivity contribution in [3.63, 3.8) is 0 Å². The summed E-state index contributed by atoms with van der Waals surface area (Å²) < 4.78 is 83.2. The van der Waals surface area contributed by atoms with Gasteiger partial charge in [0.15, 0.2) is 0 Å². The smallest absolute Gasteiger partial charge is 0.446 e. The molecule has 1 N–H and O–H groups in total. The van der Waals surface area contributed by atoms with E-state index >= 15 is 0 Å². The van der Waals surface area contributed by atoms with Gasteiger partial charge in [-0.25, -0.2) is 0 Å². The highest BCUT2D eigenvalue weighted by molar-refractivity contribution is 8.00. The number of rotatable bonds is 10. The molecule has 0 saturated carbocycles. The molecule has 0 aliphatic carbocycles. The van der Waals surface area contributed by atoms with Gasteiger partial charge in [-0.2, -0.15) is 26.3 Å². The Kier molecular flexibility index (Phi) is 9.41. The number of hydrogen-bond donors (Lipinski definition) is 1. The van der Waals surface area contributed by atoms with Crippen molar-refractivity contribution < 1.29 is 36.2 Å². The van der Waals surface area contributed by atoms with Crippen LogP contribution in [0.3, 0.4) is 0 Å². The molecule has 3 aromatic carbocycles. The van der Waals surface area contributed by atoms with Crippen molar-refractivity contribution in [2.45, 2.75) is 49.7 Å². The molecule has 0 spiro atoms. The summed E-state index contributed by atoms with van der Waals surface area (Å²) in [4.78, 5) is 1.90. The summed E-state index contributed by atoms with van der Waals surface area (Å²) in [6.45, 7) is 4.08. The number of hydrogen-bond acceptors (Lipinski definition) is 4. The van der Waals surface area contributed by atoms with E-state index in [2.05, 4.69) is 0 Å². The fourth-order valence-corrected chi connectivity index (χ4v) is 4.16. The first-order valence-corrected chi connectivity index (χ1v) is 12.3. The maximum absolute atomic E-state index is 13.0. The number of ether oxygens (including phenoxy) is 1. The van der Waals surface area contributed by atoms with Gasteiger partial charge in [0.2, 0.25) is 0 Å². The number of benzene rings is 3. The number of aliphatic hydroxyl groups is 1. The molecule has 0 heterocycles. The van der Waals surface area contributed by atoms with Gasteiger partial charge < -0.3 is 14.7 Å². The molecule has 0 fully saturated rings. The van der Waals surface area contributed by atoms with E-state index in [0.717, 1.165) is 12.1 Å². The summed E-state index contributed by atoms with van der Waals surface area (Å²) in [6.07, 6.45) is -5.16. The van der Waals surface area contributed by atoms with Crippen LogP contribution in [0.15, 0.2) is 77.7 Å². The summed E-state index contributed by atoms with van der Waals surface area (Å²) >= 11 is -0.192. The third-order valence-corrected chi connectivity index (χ3v) is 6.25. The maximum atomic E-state index is 13.0. The molecule has 1 atom stereocenters. The molecule has 0 aliphatic heterocycles. The zero-order chi connectivity index (χ0) is 27.2. The van der Waals surface area contributed by atoms with Crippen LogP contribution in [-0.2, 0) is 19.3 Å². The molecule has 0 amide bonds. The van der Waals surface area contributed by atoms with Crippen LogP contribution in [0.25, 0.3) is 0 Å². The van der Waals surface area contributed by atoms with Crippen LogP contribution < -0.4 is 9.64 Å². The van der Waals surface area contributed by atoms with Crippen LogP contribution in [0.1, 0.15) is 30.5 Å². The van der Waals surface area contributed by atoms with Crippen molar-refractivity contribution in [1.82, 2.24) is 0 Å². The number of anilines is 1. The van der Waals surface area contributed by atoms with Crippen LogP contribution in [-0.4, -0.2) is 23.3 Å². The SMILES string of the molecule is CC(C)C(O)CN(Cc1cccc(SC(F)(F)F)c1)c1cccc(OCc2cccc(C(F)(F)F)c2)c1. The molecule has 0 aromatic heterocycles. The summed E-state index contributed by atoms with van der Waals surface area (Å²) in [5, 5.41) is 10.5. The van der Waals surface area contributed by atoms with Gasteiger partial charge >= 0.3 is 11.7 Å². The van der Waals surface area contributed by atoms with Crippen LogP contribution in [0.5, 0.6) is 5.75 Å². The molecule has 37 heavy (non-hydrogen) atoms. The summed E-state index contributed by atoms with van der Waals surface area (Å²) in [5.41, 5.74) is -3.54. The molecule has 3 nitrogen and oxygen atoms in total. The minimum Gasteiger partial charge on any atom is -0.489 e. The first-order chi connectivity index (χ1) is 17.3. The van der Waals surface area contributed by atoms with Gasteiger partial charge in [-0.15, -0.1) is 0 Å². The van der Waals surface area contributed by atoms with E-state index in [0.29, 0.717) is 22.6 Å². The van der Waals surface area contributed by atoms with Crippen molar-refractivity contribution in [3.8, 4) is 5.75 Å². The third-order valence-electron chi connectivity index (χ3n) is 5.53. The number of thioether (sulfide) groups is 1. The molecule has 0 bridgehead atoms. The van der Waals surface area contributed by atoms with E-state index in [1.54, 1.807) is 36.4 Å². The van der Waals surface area contributed by atoms with E-state index in [4.69, 9.17) is 4.74 Å². The molecule has 3 aromatic rings. The quantitative estimate of drug-likeness (QED) is 0.208. The predicted octanol–water partition coefficient (Wildman–Crippen LogP) is 7.92. The summed E-state index contributed by atoms with van der Waals surface area (Å²) in [5.74, 6) is 0.343. The second-order valence-electron chi connectivity index (χ2n) is 8.87. The first-order valence-electron chi connectivity index (χ1n) is 11.5. The van der Waals surface area contributed by atoms with Crippen LogP contribution in [0, 0.1) is 5.92 Å². The van der Waals surface area contributed by atoms with Gasteiger partial charge in [-0.3, -0.25) is 0 Å². The largest absolute Gasteiger partial charge is 0.489 e. The van der Waals surface area contributed by atoms with Crippen LogP contribution in [0.4, 0.5) is 32.0 Å². The lowest BCUT2D eigenvalue weighted by atomic mass is 10.1. The van der Waals surface area contributed by atoms with E-state index in [1.165, 1.54) is 24.3 Å². The molecular formula is C27H27F6NO2S. The number of alkyl halides is 6. The Morgan fingerprint density at radius 2 is 1.54 bits per heavy atom. The Hall–Kier alpha value is -2.85. The Morgan fingerprint density at radius 3 is 2.22 bits per heavy atom. The van der Waals surface area contributed by atoms with Crippen molar-refractivity contribution in [2.75, 3.05) is 11.4 Å². The van der Waals surface area contributed by atoms with Gasteiger partial charge in [-0.1, -0.05) is 44.2 Å². The highest BCUT2D eigenvalue weighted by atomic mass is 32.2. The molecule has 0 radical (unpaired) electrons. The van der Waals surface area contributed by atoms with Gasteiger partial charge in [0.05, 0.1) is 11.7 Å². The highest BCUT2D eigenvalue weighted by Gasteiger charge is 2.30. The van der Waals surface area contributed by atoms with Crippen molar-refractivity contribution in [3.05, 3.63) is 89.5 Å². The van der Waals surface area contributed by atoms with E-state index in [1.807, 2.05) is 18.7 Å². The second kappa shape index (κ2) is 12.1. The fraction of sp³-hybridized carbons (Fsp3) is 0.333. The average Bonchev–Trinajstić information content (AvgIpc) is 2.81. The third kappa shape index (κ3) is 9.19. The predicted molar refractivity (Wildman–Crippen MR) is 132 cm³/mol. The number of nitrogens with zero attached hydrogens (tertiary/aromatic N) is 1. The average molecular weight is 544 g/mol. The standard InChI is InChI=1S/C27H27F6NO2S/c1-18(2)25(35)16-34(15-19-6-4-11-24(13-19)37-27(31,32)33)22-9-5-10-23(14-22)36-17-20-7-3-8-21(12-20)26(28,29)30/h3-14,18,25,35H,15-17H2,1-2H3. The minimum absolute atomic E-state index is 0.0602. The highest BCUT2D eigenvalue weighted by Crippen LogP contribution is 2.37. The van der Waals surface area contributed by atoms with Gasteiger partial charge in [0, 0.05) is 29.7 Å². The van der Waals surface area contributed by atoms with Crippen LogP contribution in [0.2, 0.25) is 0 Å². The van der Waals surface area contributed by atoms with Crippen molar-refractivity contribution in [2.24, 2.45) is 5.92 Å². The molecule has 1 unspecified atom stereocenters. The normalized spacial score (nSPS) is 13.0.